The van der Waals surface area contributed by atoms with Gasteiger partial charge in [0.25, 0.3) is 0 Å². The van der Waals surface area contributed by atoms with Crippen LogP contribution in [0.2, 0.25) is 0 Å². The highest BCUT2D eigenvalue weighted by molar-refractivity contribution is 5.79. The molecule has 0 saturated carbocycles. The first-order valence-corrected chi connectivity index (χ1v) is 7.16. The largest absolute Gasteiger partial charge is 0.396 e. The first-order valence-electron chi connectivity index (χ1n) is 7.16. The monoisotopic (exact) mass is 278 g/mol. The molecule has 0 amide bonds. The van der Waals surface area contributed by atoms with Crippen LogP contribution in [-0.4, -0.2) is 41.4 Å². The molecule has 1 saturated heterocycles. The number of piperidine rings is 1. The van der Waals surface area contributed by atoms with E-state index in [4.69, 9.17) is 9.63 Å². The number of likely N-dealkylation sites (tertiary alicyclic amines) is 1. The molecule has 1 aliphatic heterocycles. The molecule has 0 aliphatic carbocycles. The second-order valence-corrected chi connectivity index (χ2v) is 5.40. The number of fused-ring (bicyclic) bond motifs is 1. The maximum atomic E-state index is 13.1. The topological polar surface area (TPSA) is 49.5 Å². The van der Waals surface area contributed by atoms with E-state index in [0.29, 0.717) is 11.5 Å². The van der Waals surface area contributed by atoms with Crippen molar-refractivity contribution in [3.05, 3.63) is 29.7 Å². The molecule has 1 aliphatic rings. The fourth-order valence-electron chi connectivity index (χ4n) is 2.95. The van der Waals surface area contributed by atoms with E-state index < -0.39 is 0 Å². The number of hydrogen-bond donors (Lipinski definition) is 1. The summed E-state index contributed by atoms with van der Waals surface area (Å²) in [6.45, 7) is 3.23. The van der Waals surface area contributed by atoms with Gasteiger partial charge in [0.15, 0.2) is 5.58 Å². The molecule has 3 rings (SSSR count). The van der Waals surface area contributed by atoms with E-state index >= 15 is 0 Å². The summed E-state index contributed by atoms with van der Waals surface area (Å²) in [7, 11) is 0. The third-order valence-electron chi connectivity index (χ3n) is 4.07. The van der Waals surface area contributed by atoms with Crippen molar-refractivity contribution >= 4 is 11.0 Å². The van der Waals surface area contributed by atoms with Crippen LogP contribution in [-0.2, 0) is 0 Å². The van der Waals surface area contributed by atoms with Gasteiger partial charge in [-0.1, -0.05) is 5.16 Å². The summed E-state index contributed by atoms with van der Waals surface area (Å²) in [5.74, 6) is 0.0890. The predicted octanol–water partition coefficient (Wildman–Crippen LogP) is 2.53. The summed E-state index contributed by atoms with van der Waals surface area (Å²) in [4.78, 5) is 2.37. The minimum atomic E-state index is -0.293. The zero-order valence-corrected chi connectivity index (χ0v) is 11.4. The SMILES string of the molecule is OCCCN1CCC(c2noc3cc(F)ccc23)CC1. The fourth-order valence-corrected chi connectivity index (χ4v) is 2.95. The molecule has 1 N–H and O–H groups in total. The molecule has 2 heterocycles. The highest BCUT2D eigenvalue weighted by Gasteiger charge is 2.24. The molecule has 1 fully saturated rings. The van der Waals surface area contributed by atoms with Gasteiger partial charge in [-0.15, -0.1) is 0 Å². The van der Waals surface area contributed by atoms with E-state index in [1.165, 1.54) is 12.1 Å². The molecule has 0 radical (unpaired) electrons. The van der Waals surface area contributed by atoms with Crippen LogP contribution >= 0.6 is 0 Å². The van der Waals surface area contributed by atoms with Gasteiger partial charge in [-0.2, -0.15) is 0 Å². The molecule has 108 valence electrons. The van der Waals surface area contributed by atoms with Gasteiger partial charge in [0.05, 0.1) is 5.69 Å². The highest BCUT2D eigenvalue weighted by atomic mass is 19.1. The summed E-state index contributed by atoms with van der Waals surface area (Å²) < 4.78 is 18.4. The first-order chi connectivity index (χ1) is 9.78. The third-order valence-corrected chi connectivity index (χ3v) is 4.07. The standard InChI is InChI=1S/C15H19FN2O2/c16-12-2-3-13-14(10-12)20-17-15(13)11-4-7-18(8-5-11)6-1-9-19/h2-3,10-11,19H,1,4-9H2. The van der Waals surface area contributed by atoms with Gasteiger partial charge < -0.3 is 14.5 Å². The Balaban J connectivity index is 1.70. The van der Waals surface area contributed by atoms with Crippen LogP contribution in [0, 0.1) is 5.82 Å². The molecule has 4 nitrogen and oxygen atoms in total. The smallest absolute Gasteiger partial charge is 0.170 e. The minimum Gasteiger partial charge on any atom is -0.396 e. The van der Waals surface area contributed by atoms with Gasteiger partial charge in [-0.3, -0.25) is 0 Å². The van der Waals surface area contributed by atoms with Gasteiger partial charge in [-0.05, 0) is 44.5 Å². The molecule has 5 heteroatoms. The van der Waals surface area contributed by atoms with Crippen molar-refractivity contribution in [1.29, 1.82) is 0 Å². The molecule has 1 aromatic carbocycles. The quantitative estimate of drug-likeness (QED) is 0.933. The Hall–Kier alpha value is -1.46. The van der Waals surface area contributed by atoms with Crippen LogP contribution < -0.4 is 0 Å². The Morgan fingerprint density at radius 1 is 1.35 bits per heavy atom. The molecule has 0 atom stereocenters. The van der Waals surface area contributed by atoms with Crippen molar-refractivity contribution in [2.75, 3.05) is 26.2 Å². The molecular formula is C15H19FN2O2. The molecule has 0 spiro atoms. The second-order valence-electron chi connectivity index (χ2n) is 5.40. The maximum absolute atomic E-state index is 13.1. The Labute approximate surface area is 117 Å². The first kappa shape index (κ1) is 13.5. The predicted molar refractivity (Wildman–Crippen MR) is 74.1 cm³/mol. The summed E-state index contributed by atoms with van der Waals surface area (Å²) in [6.07, 6.45) is 2.89. The number of aromatic nitrogens is 1. The Kier molecular flexibility index (Phi) is 3.98. The zero-order valence-electron chi connectivity index (χ0n) is 11.4. The summed E-state index contributed by atoms with van der Waals surface area (Å²) in [5, 5.41) is 13.9. The van der Waals surface area contributed by atoms with Gasteiger partial charge >= 0.3 is 0 Å². The van der Waals surface area contributed by atoms with Crippen molar-refractivity contribution in [3.63, 3.8) is 0 Å². The van der Waals surface area contributed by atoms with Crippen molar-refractivity contribution in [2.45, 2.75) is 25.2 Å². The van der Waals surface area contributed by atoms with Crippen LogP contribution in [0.15, 0.2) is 22.7 Å². The van der Waals surface area contributed by atoms with Gasteiger partial charge in [0.2, 0.25) is 0 Å². The number of aliphatic hydroxyl groups is 1. The van der Waals surface area contributed by atoms with E-state index in [-0.39, 0.29) is 12.4 Å². The molecule has 0 bridgehead atoms. The average Bonchev–Trinajstić information content (AvgIpc) is 2.88. The van der Waals surface area contributed by atoms with Crippen LogP contribution in [0.1, 0.15) is 30.9 Å². The number of aliphatic hydroxyl groups excluding tert-OH is 1. The number of hydrogen-bond acceptors (Lipinski definition) is 4. The van der Waals surface area contributed by atoms with E-state index in [1.807, 2.05) is 0 Å². The normalized spacial score (nSPS) is 17.9. The molecule has 20 heavy (non-hydrogen) atoms. The van der Waals surface area contributed by atoms with E-state index in [0.717, 1.165) is 50.0 Å². The number of halogens is 1. The number of rotatable bonds is 4. The zero-order chi connectivity index (χ0) is 13.9. The summed E-state index contributed by atoms with van der Waals surface area (Å²) in [6, 6.07) is 4.61. The second kappa shape index (κ2) is 5.89. The fraction of sp³-hybridized carbons (Fsp3) is 0.533. The Bertz CT molecular complexity index is 576. The molecule has 2 aromatic rings. The molecule has 1 aromatic heterocycles. The number of benzene rings is 1. The van der Waals surface area contributed by atoms with Crippen molar-refractivity contribution in [3.8, 4) is 0 Å². The third kappa shape index (κ3) is 2.69. The van der Waals surface area contributed by atoms with Gasteiger partial charge in [0.1, 0.15) is 5.82 Å². The lowest BCUT2D eigenvalue weighted by atomic mass is 9.91. The number of nitrogens with zero attached hydrogens (tertiary/aromatic N) is 2. The highest BCUT2D eigenvalue weighted by Crippen LogP contribution is 2.32. The van der Waals surface area contributed by atoms with Crippen LogP contribution in [0.4, 0.5) is 4.39 Å². The molecular weight excluding hydrogens is 259 g/mol. The van der Waals surface area contributed by atoms with E-state index in [2.05, 4.69) is 10.1 Å². The van der Waals surface area contributed by atoms with Gasteiger partial charge in [0, 0.05) is 30.5 Å². The van der Waals surface area contributed by atoms with E-state index in [9.17, 15) is 4.39 Å². The molecule has 0 unspecified atom stereocenters. The Morgan fingerprint density at radius 2 is 2.15 bits per heavy atom. The van der Waals surface area contributed by atoms with E-state index in [1.54, 1.807) is 6.07 Å². The lowest BCUT2D eigenvalue weighted by Gasteiger charge is -2.30. The van der Waals surface area contributed by atoms with Crippen LogP contribution in [0.5, 0.6) is 0 Å². The van der Waals surface area contributed by atoms with Crippen molar-refractivity contribution in [1.82, 2.24) is 10.1 Å². The minimum absolute atomic E-state index is 0.249. The lowest BCUT2D eigenvalue weighted by Crippen LogP contribution is -2.34. The van der Waals surface area contributed by atoms with Crippen LogP contribution in [0.25, 0.3) is 11.0 Å². The van der Waals surface area contributed by atoms with Crippen molar-refractivity contribution < 1.29 is 14.0 Å². The van der Waals surface area contributed by atoms with Crippen LogP contribution in [0.3, 0.4) is 0 Å². The van der Waals surface area contributed by atoms with Gasteiger partial charge in [-0.25, -0.2) is 4.39 Å². The summed E-state index contributed by atoms with van der Waals surface area (Å²) >= 11 is 0. The summed E-state index contributed by atoms with van der Waals surface area (Å²) in [5.41, 5.74) is 1.49. The Morgan fingerprint density at radius 3 is 2.90 bits per heavy atom. The van der Waals surface area contributed by atoms with Crippen molar-refractivity contribution in [2.24, 2.45) is 0 Å². The average molecular weight is 278 g/mol. The lowest BCUT2D eigenvalue weighted by molar-refractivity contribution is 0.186. The maximum Gasteiger partial charge on any atom is 0.170 e.